The molecule has 2 aromatic rings. The number of hydrogen-bond donors (Lipinski definition) is 0. The lowest BCUT2D eigenvalue weighted by atomic mass is 10.2. The van der Waals surface area contributed by atoms with Crippen LogP contribution in [0, 0.1) is 12.7 Å². The fourth-order valence-electron chi connectivity index (χ4n) is 1.71. The predicted octanol–water partition coefficient (Wildman–Crippen LogP) is 4.38. The highest BCUT2D eigenvalue weighted by Crippen LogP contribution is 2.29. The van der Waals surface area contributed by atoms with Crippen LogP contribution in [0.4, 0.5) is 4.39 Å². The van der Waals surface area contributed by atoms with Crippen LogP contribution < -0.4 is 9.47 Å². The van der Waals surface area contributed by atoms with Crippen molar-refractivity contribution in [3.8, 4) is 11.5 Å². The zero-order valence-corrected chi connectivity index (χ0v) is 11.5. The molecule has 0 radical (unpaired) electrons. The van der Waals surface area contributed by atoms with Gasteiger partial charge in [-0.2, -0.15) is 0 Å². The average molecular weight is 281 g/mol. The van der Waals surface area contributed by atoms with Crippen LogP contribution in [0.25, 0.3) is 0 Å². The quantitative estimate of drug-likeness (QED) is 0.828. The topological polar surface area (TPSA) is 18.5 Å². The van der Waals surface area contributed by atoms with E-state index in [0.717, 1.165) is 5.56 Å². The minimum Gasteiger partial charge on any atom is -0.493 e. The van der Waals surface area contributed by atoms with Crippen LogP contribution in [0.15, 0.2) is 36.4 Å². The summed E-state index contributed by atoms with van der Waals surface area (Å²) >= 11 is 5.94. The number of halogens is 2. The molecule has 0 atom stereocenters. The molecule has 0 bridgehead atoms. The van der Waals surface area contributed by atoms with E-state index in [4.69, 9.17) is 21.1 Å². The van der Waals surface area contributed by atoms with Crippen LogP contribution in [0.1, 0.15) is 11.1 Å². The number of aryl methyl sites for hydroxylation is 1. The van der Waals surface area contributed by atoms with Crippen molar-refractivity contribution in [3.63, 3.8) is 0 Å². The summed E-state index contributed by atoms with van der Waals surface area (Å²) in [5.41, 5.74) is 1.40. The molecule has 0 amide bonds. The second-order valence-electron chi connectivity index (χ2n) is 4.14. The summed E-state index contributed by atoms with van der Waals surface area (Å²) in [6.45, 7) is 2.02. The molecule has 0 saturated carbocycles. The lowest BCUT2D eigenvalue weighted by molar-refractivity contribution is 0.279. The molecular weight excluding hydrogens is 267 g/mol. The summed E-state index contributed by atoms with van der Waals surface area (Å²) in [5, 5.41) is 0.353. The first-order valence-electron chi connectivity index (χ1n) is 5.82. The zero-order valence-electron chi connectivity index (χ0n) is 10.7. The summed E-state index contributed by atoms with van der Waals surface area (Å²) < 4.78 is 24.4. The Hall–Kier alpha value is -1.74. The van der Waals surface area contributed by atoms with Gasteiger partial charge in [0.05, 0.1) is 12.1 Å². The van der Waals surface area contributed by atoms with E-state index in [9.17, 15) is 4.39 Å². The molecule has 100 valence electrons. The van der Waals surface area contributed by atoms with Gasteiger partial charge in [0.1, 0.15) is 12.4 Å². The molecule has 0 fully saturated rings. The molecule has 0 aliphatic carbocycles. The van der Waals surface area contributed by atoms with Gasteiger partial charge in [-0.25, -0.2) is 4.39 Å². The van der Waals surface area contributed by atoms with Crippen LogP contribution in [-0.4, -0.2) is 7.11 Å². The maximum absolute atomic E-state index is 13.6. The Morgan fingerprint density at radius 3 is 2.63 bits per heavy atom. The molecule has 0 heterocycles. The highest BCUT2D eigenvalue weighted by atomic mass is 35.5. The second kappa shape index (κ2) is 5.93. The van der Waals surface area contributed by atoms with Gasteiger partial charge in [-0.3, -0.25) is 0 Å². The number of rotatable bonds is 4. The molecule has 4 heteroatoms. The average Bonchev–Trinajstić information content (AvgIpc) is 2.39. The van der Waals surface area contributed by atoms with Gasteiger partial charge in [-0.05, 0) is 36.8 Å². The van der Waals surface area contributed by atoms with Crippen LogP contribution in [-0.2, 0) is 6.61 Å². The van der Waals surface area contributed by atoms with E-state index in [1.54, 1.807) is 25.3 Å². The second-order valence-corrected chi connectivity index (χ2v) is 4.55. The van der Waals surface area contributed by atoms with E-state index in [1.807, 2.05) is 19.1 Å². The third-order valence-corrected chi connectivity index (χ3v) is 3.11. The first-order valence-corrected chi connectivity index (χ1v) is 6.20. The first-order chi connectivity index (χ1) is 9.11. The van der Waals surface area contributed by atoms with Crippen molar-refractivity contribution < 1.29 is 13.9 Å². The van der Waals surface area contributed by atoms with E-state index >= 15 is 0 Å². The van der Waals surface area contributed by atoms with E-state index in [2.05, 4.69) is 0 Å². The van der Waals surface area contributed by atoms with E-state index < -0.39 is 0 Å². The molecule has 0 unspecified atom stereocenters. The van der Waals surface area contributed by atoms with Gasteiger partial charge in [-0.1, -0.05) is 23.7 Å². The predicted molar refractivity (Wildman–Crippen MR) is 73.5 cm³/mol. The Bertz CT molecular complexity index is 564. The number of methoxy groups -OCH3 is 1. The third-order valence-electron chi connectivity index (χ3n) is 2.75. The summed E-state index contributed by atoms with van der Waals surface area (Å²) in [4.78, 5) is 0. The molecular formula is C15H14ClFO2. The number of hydrogen-bond acceptors (Lipinski definition) is 2. The smallest absolute Gasteiger partial charge is 0.161 e. The Kier molecular flexibility index (Phi) is 4.27. The maximum atomic E-state index is 13.6. The summed E-state index contributed by atoms with van der Waals surface area (Å²) in [7, 11) is 1.57. The standard InChI is InChI=1S/C15H14ClFO2/c1-10-6-7-14(15(8-10)18-2)19-9-11-12(16)4-3-5-13(11)17/h3-8H,9H2,1-2H3. The fraction of sp³-hybridized carbons (Fsp3) is 0.200. The van der Waals surface area contributed by atoms with E-state index in [0.29, 0.717) is 22.1 Å². The van der Waals surface area contributed by atoms with Gasteiger partial charge >= 0.3 is 0 Å². The van der Waals surface area contributed by atoms with E-state index in [-0.39, 0.29) is 12.4 Å². The normalized spacial score (nSPS) is 10.3. The summed E-state index contributed by atoms with van der Waals surface area (Å²) in [6, 6.07) is 10.1. The monoisotopic (exact) mass is 280 g/mol. The highest BCUT2D eigenvalue weighted by Gasteiger charge is 2.10. The molecule has 0 N–H and O–H groups in total. The van der Waals surface area contributed by atoms with Crippen LogP contribution in [0.2, 0.25) is 5.02 Å². The molecule has 0 aliphatic heterocycles. The molecule has 2 aromatic carbocycles. The van der Waals surface area contributed by atoms with Crippen molar-refractivity contribution in [2.75, 3.05) is 7.11 Å². The van der Waals surface area contributed by atoms with Gasteiger partial charge in [-0.15, -0.1) is 0 Å². The Morgan fingerprint density at radius 2 is 1.95 bits per heavy atom. The van der Waals surface area contributed by atoms with Gasteiger partial charge in [0.15, 0.2) is 11.5 Å². The summed E-state index contributed by atoms with van der Waals surface area (Å²) in [6.07, 6.45) is 0. The maximum Gasteiger partial charge on any atom is 0.161 e. The fourth-order valence-corrected chi connectivity index (χ4v) is 1.93. The molecule has 2 rings (SSSR count). The van der Waals surface area contributed by atoms with Gasteiger partial charge < -0.3 is 9.47 Å². The third kappa shape index (κ3) is 3.18. The SMILES string of the molecule is COc1cc(C)ccc1OCc1c(F)cccc1Cl. The van der Waals surface area contributed by atoms with Crippen molar-refractivity contribution in [3.05, 3.63) is 58.4 Å². The molecule has 0 spiro atoms. The Labute approximate surface area is 116 Å². The lowest BCUT2D eigenvalue weighted by Gasteiger charge is -2.12. The van der Waals surface area contributed by atoms with Gasteiger partial charge in [0, 0.05) is 5.56 Å². The first kappa shape index (κ1) is 13.7. The van der Waals surface area contributed by atoms with Crippen molar-refractivity contribution in [2.24, 2.45) is 0 Å². The van der Waals surface area contributed by atoms with Crippen LogP contribution in [0.3, 0.4) is 0 Å². The van der Waals surface area contributed by atoms with Crippen molar-refractivity contribution >= 4 is 11.6 Å². The zero-order chi connectivity index (χ0) is 13.8. The highest BCUT2D eigenvalue weighted by molar-refractivity contribution is 6.31. The number of benzene rings is 2. The molecule has 0 aliphatic rings. The molecule has 0 saturated heterocycles. The molecule has 19 heavy (non-hydrogen) atoms. The number of ether oxygens (including phenoxy) is 2. The Morgan fingerprint density at radius 1 is 1.16 bits per heavy atom. The van der Waals surface area contributed by atoms with Gasteiger partial charge in [0.2, 0.25) is 0 Å². The van der Waals surface area contributed by atoms with Crippen LogP contribution >= 0.6 is 11.6 Å². The van der Waals surface area contributed by atoms with Crippen molar-refractivity contribution in [2.45, 2.75) is 13.5 Å². The Balaban J connectivity index is 2.19. The largest absolute Gasteiger partial charge is 0.493 e. The van der Waals surface area contributed by atoms with Crippen LogP contribution in [0.5, 0.6) is 11.5 Å². The minimum atomic E-state index is -0.376. The van der Waals surface area contributed by atoms with Crippen molar-refractivity contribution in [1.82, 2.24) is 0 Å². The molecule has 2 nitrogen and oxygen atoms in total. The van der Waals surface area contributed by atoms with E-state index in [1.165, 1.54) is 6.07 Å². The minimum absolute atomic E-state index is 0.0604. The van der Waals surface area contributed by atoms with Crippen molar-refractivity contribution in [1.29, 1.82) is 0 Å². The molecule has 0 aromatic heterocycles. The summed E-state index contributed by atoms with van der Waals surface area (Å²) in [5.74, 6) is 0.804. The van der Waals surface area contributed by atoms with Gasteiger partial charge in [0.25, 0.3) is 0 Å². The lowest BCUT2D eigenvalue weighted by Crippen LogP contribution is -2.01.